The summed E-state index contributed by atoms with van der Waals surface area (Å²) in [5.74, 6) is 2.34. The van der Waals surface area contributed by atoms with Gasteiger partial charge in [-0.3, -0.25) is 14.3 Å². The maximum atomic E-state index is 12.8. The van der Waals surface area contributed by atoms with Gasteiger partial charge in [-0.2, -0.15) is 0 Å². The largest absolute Gasteiger partial charge is 0.496 e. The Balaban J connectivity index is 1.52. The number of benzene rings is 1. The van der Waals surface area contributed by atoms with E-state index in [1.54, 1.807) is 31.8 Å². The predicted octanol–water partition coefficient (Wildman–Crippen LogP) is 4.86. The molecule has 7 nitrogen and oxygen atoms in total. The molecule has 0 fully saturated rings. The fraction of sp³-hybridized carbons (Fsp3) is 0.217. The van der Waals surface area contributed by atoms with Gasteiger partial charge in [-0.15, -0.1) is 10.2 Å². The van der Waals surface area contributed by atoms with Gasteiger partial charge in [0.1, 0.15) is 17.3 Å². The number of hydrogen-bond donors (Lipinski definition) is 0. The fourth-order valence-corrected chi connectivity index (χ4v) is 4.22. The van der Waals surface area contributed by atoms with Crippen molar-refractivity contribution < 1.29 is 13.9 Å². The Morgan fingerprint density at radius 3 is 2.84 bits per heavy atom. The third-order valence-electron chi connectivity index (χ3n) is 4.84. The van der Waals surface area contributed by atoms with Gasteiger partial charge in [0.25, 0.3) is 0 Å². The van der Waals surface area contributed by atoms with Crippen LogP contribution in [-0.2, 0) is 17.8 Å². The minimum atomic E-state index is 0.0468. The van der Waals surface area contributed by atoms with E-state index in [0.717, 1.165) is 22.5 Å². The first kappa shape index (κ1) is 22.1. The molecule has 0 saturated heterocycles. The van der Waals surface area contributed by atoms with Gasteiger partial charge in [0, 0.05) is 35.0 Å². The second kappa shape index (κ2) is 10.0. The molecule has 0 aliphatic heterocycles. The van der Waals surface area contributed by atoms with Crippen LogP contribution in [0.4, 0.5) is 0 Å². The summed E-state index contributed by atoms with van der Waals surface area (Å²) in [6, 6.07) is 11.1. The second-order valence-electron chi connectivity index (χ2n) is 7.13. The lowest BCUT2D eigenvalue weighted by Gasteiger charge is -2.11. The molecule has 0 unspecified atom stereocenters. The number of halogens is 1. The summed E-state index contributed by atoms with van der Waals surface area (Å²) in [7, 11) is 1.57. The van der Waals surface area contributed by atoms with Crippen LogP contribution < -0.4 is 4.74 Å². The highest BCUT2D eigenvalue weighted by atomic mass is 35.5. The molecule has 0 radical (unpaired) electrons. The summed E-state index contributed by atoms with van der Waals surface area (Å²) in [4.78, 5) is 16.9. The number of pyridine rings is 1. The maximum absolute atomic E-state index is 12.8. The van der Waals surface area contributed by atoms with Crippen LogP contribution in [0.15, 0.2) is 64.6 Å². The molecule has 4 rings (SSSR count). The van der Waals surface area contributed by atoms with Gasteiger partial charge < -0.3 is 9.15 Å². The zero-order valence-corrected chi connectivity index (χ0v) is 19.2. The number of ketones is 1. The van der Waals surface area contributed by atoms with Gasteiger partial charge >= 0.3 is 0 Å². The number of nitrogens with zero attached hydrogens (tertiary/aromatic N) is 4. The van der Waals surface area contributed by atoms with Crippen LogP contribution in [0.2, 0.25) is 5.02 Å². The van der Waals surface area contributed by atoms with Crippen molar-refractivity contribution in [1.29, 1.82) is 0 Å². The molecule has 3 aromatic heterocycles. The van der Waals surface area contributed by atoms with E-state index in [1.165, 1.54) is 11.8 Å². The van der Waals surface area contributed by atoms with E-state index in [9.17, 15) is 4.79 Å². The van der Waals surface area contributed by atoms with Crippen LogP contribution >= 0.6 is 23.4 Å². The molecule has 3 heterocycles. The molecule has 164 valence electrons. The molecule has 0 spiro atoms. The standard InChI is InChI=1S/C23H21ClN4O3S/c1-15-9-17(21(30-2)11-20(15)24)10-18(29)14-32-23-27-26-22(16-5-3-7-25-12-16)28(23)13-19-6-4-8-31-19/h3-9,11-12H,10,13-14H2,1-2H3. The molecule has 4 aromatic rings. The van der Waals surface area contributed by atoms with Crippen molar-refractivity contribution in [3.8, 4) is 17.1 Å². The molecule has 0 atom stereocenters. The van der Waals surface area contributed by atoms with Gasteiger partial charge in [0.15, 0.2) is 11.0 Å². The van der Waals surface area contributed by atoms with Gasteiger partial charge in [0.2, 0.25) is 0 Å². The van der Waals surface area contributed by atoms with Crippen LogP contribution in [0.3, 0.4) is 0 Å². The Kier molecular flexibility index (Phi) is 6.92. The van der Waals surface area contributed by atoms with Crippen molar-refractivity contribution in [2.45, 2.75) is 25.0 Å². The summed E-state index contributed by atoms with van der Waals surface area (Å²) in [6.45, 7) is 2.35. The lowest BCUT2D eigenvalue weighted by atomic mass is 10.1. The highest BCUT2D eigenvalue weighted by Gasteiger charge is 2.18. The van der Waals surface area contributed by atoms with Crippen LogP contribution in [0.5, 0.6) is 5.75 Å². The smallest absolute Gasteiger partial charge is 0.192 e. The molecule has 0 aliphatic carbocycles. The molecule has 0 N–H and O–H groups in total. The van der Waals surface area contributed by atoms with Crippen LogP contribution in [0, 0.1) is 6.92 Å². The van der Waals surface area contributed by atoms with Crippen molar-refractivity contribution >= 4 is 29.1 Å². The van der Waals surface area contributed by atoms with Gasteiger partial charge in [-0.05, 0) is 42.8 Å². The Labute approximate surface area is 194 Å². The van der Waals surface area contributed by atoms with Crippen molar-refractivity contribution in [1.82, 2.24) is 19.7 Å². The number of carbonyl (C=O) groups is 1. The molecule has 9 heteroatoms. The zero-order chi connectivity index (χ0) is 22.5. The van der Waals surface area contributed by atoms with E-state index >= 15 is 0 Å². The van der Waals surface area contributed by atoms with E-state index in [1.807, 2.05) is 41.8 Å². The molecule has 1 aromatic carbocycles. The summed E-state index contributed by atoms with van der Waals surface area (Å²) in [6.07, 6.45) is 5.31. The Hall–Kier alpha value is -3.10. The third kappa shape index (κ3) is 5.03. The normalized spacial score (nSPS) is 11.0. The van der Waals surface area contributed by atoms with Gasteiger partial charge in [-0.1, -0.05) is 29.4 Å². The number of carbonyl (C=O) groups excluding carboxylic acids is 1. The van der Waals surface area contributed by atoms with Crippen LogP contribution in [0.1, 0.15) is 16.9 Å². The van der Waals surface area contributed by atoms with Gasteiger partial charge in [0.05, 0.1) is 25.7 Å². The number of aryl methyl sites for hydroxylation is 1. The molecule has 0 bridgehead atoms. The first-order chi connectivity index (χ1) is 15.5. The predicted molar refractivity (Wildman–Crippen MR) is 123 cm³/mol. The minimum Gasteiger partial charge on any atom is -0.496 e. The number of ether oxygens (including phenoxy) is 1. The molecule has 0 aliphatic rings. The fourth-order valence-electron chi connectivity index (χ4n) is 3.26. The lowest BCUT2D eigenvalue weighted by molar-refractivity contribution is -0.116. The number of aromatic nitrogens is 4. The van der Waals surface area contributed by atoms with Crippen LogP contribution in [-0.4, -0.2) is 38.4 Å². The highest BCUT2D eigenvalue weighted by Crippen LogP contribution is 2.29. The third-order valence-corrected chi connectivity index (χ3v) is 6.28. The topological polar surface area (TPSA) is 83.0 Å². The highest BCUT2D eigenvalue weighted by molar-refractivity contribution is 7.99. The number of hydrogen-bond acceptors (Lipinski definition) is 7. The van der Waals surface area contributed by atoms with E-state index < -0.39 is 0 Å². The first-order valence-corrected chi connectivity index (χ1v) is 11.2. The van der Waals surface area contributed by atoms with Crippen molar-refractivity contribution in [2.75, 3.05) is 12.9 Å². The average Bonchev–Trinajstić information content (AvgIpc) is 3.46. The first-order valence-electron chi connectivity index (χ1n) is 9.88. The van der Waals surface area contributed by atoms with E-state index in [4.69, 9.17) is 20.8 Å². The molecular formula is C23H21ClN4O3S. The SMILES string of the molecule is COc1cc(Cl)c(C)cc1CC(=O)CSc1nnc(-c2cccnc2)n1Cc1ccco1. The number of Topliss-reactive ketones (excluding diaryl/α,β-unsaturated/α-hetero) is 1. The maximum Gasteiger partial charge on any atom is 0.192 e. The zero-order valence-electron chi connectivity index (χ0n) is 17.6. The Bertz CT molecular complexity index is 1210. The average molecular weight is 469 g/mol. The molecule has 32 heavy (non-hydrogen) atoms. The van der Waals surface area contributed by atoms with E-state index in [0.29, 0.717) is 28.3 Å². The van der Waals surface area contributed by atoms with Gasteiger partial charge in [-0.25, -0.2) is 0 Å². The summed E-state index contributed by atoms with van der Waals surface area (Å²) < 4.78 is 12.8. The quantitative estimate of drug-likeness (QED) is 0.324. The van der Waals surface area contributed by atoms with E-state index in [2.05, 4.69) is 15.2 Å². The Morgan fingerprint density at radius 1 is 1.25 bits per heavy atom. The summed E-state index contributed by atoms with van der Waals surface area (Å²) in [5.41, 5.74) is 2.56. The number of furan rings is 1. The van der Waals surface area contributed by atoms with Crippen molar-refractivity contribution in [3.05, 3.63) is 77.0 Å². The second-order valence-corrected chi connectivity index (χ2v) is 8.48. The van der Waals surface area contributed by atoms with E-state index in [-0.39, 0.29) is 18.0 Å². The lowest BCUT2D eigenvalue weighted by Crippen LogP contribution is -2.09. The van der Waals surface area contributed by atoms with Crippen molar-refractivity contribution in [2.24, 2.45) is 0 Å². The number of rotatable bonds is 9. The molecule has 0 saturated carbocycles. The molecular weight excluding hydrogens is 448 g/mol. The van der Waals surface area contributed by atoms with Crippen LogP contribution in [0.25, 0.3) is 11.4 Å². The number of thioether (sulfide) groups is 1. The minimum absolute atomic E-state index is 0.0468. The Morgan fingerprint density at radius 2 is 2.12 bits per heavy atom. The monoisotopic (exact) mass is 468 g/mol. The molecule has 0 amide bonds. The number of methoxy groups -OCH3 is 1. The summed E-state index contributed by atoms with van der Waals surface area (Å²) >= 11 is 7.52. The summed E-state index contributed by atoms with van der Waals surface area (Å²) in [5, 5.41) is 9.91. The van der Waals surface area contributed by atoms with Crippen molar-refractivity contribution in [3.63, 3.8) is 0 Å².